The number of hydrogen-bond acceptors (Lipinski definition) is 5. The van der Waals surface area contributed by atoms with Gasteiger partial charge in [-0.3, -0.25) is 4.79 Å². The Balaban J connectivity index is 1.45. The first-order valence-corrected chi connectivity index (χ1v) is 11.1. The van der Waals surface area contributed by atoms with Crippen LogP contribution in [-0.2, 0) is 20.5 Å². The summed E-state index contributed by atoms with van der Waals surface area (Å²) in [5.74, 6) is -0.158. The molecule has 6 nitrogen and oxygen atoms in total. The molecular formula is C25H29F3N2O4. The van der Waals surface area contributed by atoms with Gasteiger partial charge in [-0.15, -0.1) is 0 Å². The topological polar surface area (TPSA) is 59.1 Å². The molecule has 1 heterocycles. The minimum Gasteiger partial charge on any atom is -0.482 e. The number of anilines is 1. The van der Waals surface area contributed by atoms with Crippen molar-refractivity contribution in [2.75, 3.05) is 44.3 Å². The van der Waals surface area contributed by atoms with Crippen LogP contribution in [0.3, 0.4) is 0 Å². The Labute approximate surface area is 197 Å². The Morgan fingerprint density at radius 3 is 2.35 bits per heavy atom. The Hall–Kier alpha value is -3.23. The highest BCUT2D eigenvalue weighted by atomic mass is 19.4. The van der Waals surface area contributed by atoms with Gasteiger partial charge in [-0.05, 0) is 48.2 Å². The predicted octanol–water partition coefficient (Wildman–Crippen LogP) is 4.41. The summed E-state index contributed by atoms with van der Waals surface area (Å²) in [6, 6.07) is 10.9. The van der Waals surface area contributed by atoms with Crippen molar-refractivity contribution >= 4 is 17.6 Å². The fraction of sp³-hybridized carbons (Fsp3) is 0.440. The van der Waals surface area contributed by atoms with Crippen molar-refractivity contribution in [3.63, 3.8) is 0 Å². The predicted molar refractivity (Wildman–Crippen MR) is 122 cm³/mol. The third-order valence-electron chi connectivity index (χ3n) is 5.66. The standard InChI is InChI=1S/C25H29F3N2O4/c1-17(2)21-8-7-18(3)13-22(21)33-16-24(32)34-15-23(31)30-11-9-29(10-12-30)20-6-4-5-19(14-20)25(26,27)28/h4-8,13-14,17H,9-12,15-16H2,1-3H3. The smallest absolute Gasteiger partial charge is 0.416 e. The lowest BCUT2D eigenvalue weighted by Gasteiger charge is -2.36. The summed E-state index contributed by atoms with van der Waals surface area (Å²) in [6.45, 7) is 6.69. The zero-order chi connectivity index (χ0) is 24.9. The molecule has 2 aromatic rings. The fourth-order valence-corrected chi connectivity index (χ4v) is 3.75. The zero-order valence-corrected chi connectivity index (χ0v) is 19.5. The van der Waals surface area contributed by atoms with E-state index in [4.69, 9.17) is 9.47 Å². The summed E-state index contributed by atoms with van der Waals surface area (Å²) in [6.07, 6.45) is -4.41. The van der Waals surface area contributed by atoms with Crippen LogP contribution in [0, 0.1) is 6.92 Å². The Morgan fingerprint density at radius 1 is 1.00 bits per heavy atom. The van der Waals surface area contributed by atoms with Gasteiger partial charge in [0.1, 0.15) is 5.75 Å². The van der Waals surface area contributed by atoms with Crippen molar-refractivity contribution in [3.8, 4) is 5.75 Å². The summed E-state index contributed by atoms with van der Waals surface area (Å²) in [7, 11) is 0. The average Bonchev–Trinajstić information content (AvgIpc) is 2.80. The number of aryl methyl sites for hydroxylation is 1. The summed E-state index contributed by atoms with van der Waals surface area (Å²) >= 11 is 0. The number of alkyl halides is 3. The molecule has 1 aliphatic heterocycles. The summed E-state index contributed by atoms with van der Waals surface area (Å²) in [5, 5.41) is 0. The molecule has 9 heteroatoms. The number of carbonyl (C=O) groups is 2. The van der Waals surface area contributed by atoms with Crippen LogP contribution < -0.4 is 9.64 Å². The van der Waals surface area contributed by atoms with Crippen LogP contribution in [-0.4, -0.2) is 56.2 Å². The van der Waals surface area contributed by atoms with Crippen molar-refractivity contribution in [3.05, 3.63) is 59.2 Å². The van der Waals surface area contributed by atoms with Crippen LogP contribution in [0.25, 0.3) is 0 Å². The maximum absolute atomic E-state index is 13.0. The van der Waals surface area contributed by atoms with Gasteiger partial charge in [0.25, 0.3) is 5.91 Å². The van der Waals surface area contributed by atoms with Crippen LogP contribution in [0.5, 0.6) is 5.75 Å². The second kappa shape index (κ2) is 10.8. The van der Waals surface area contributed by atoms with E-state index in [1.165, 1.54) is 11.0 Å². The number of esters is 1. The molecule has 1 fully saturated rings. The van der Waals surface area contributed by atoms with Crippen LogP contribution in [0.4, 0.5) is 18.9 Å². The molecule has 0 unspecified atom stereocenters. The molecule has 0 spiro atoms. The fourth-order valence-electron chi connectivity index (χ4n) is 3.75. The first-order valence-electron chi connectivity index (χ1n) is 11.1. The van der Waals surface area contributed by atoms with Crippen molar-refractivity contribution in [2.45, 2.75) is 32.9 Å². The first kappa shape index (κ1) is 25.4. The minimum absolute atomic E-state index is 0.225. The molecule has 0 aromatic heterocycles. The van der Waals surface area contributed by atoms with Crippen molar-refractivity contribution < 1.29 is 32.2 Å². The lowest BCUT2D eigenvalue weighted by Crippen LogP contribution is -2.50. The van der Waals surface area contributed by atoms with E-state index in [1.54, 1.807) is 11.0 Å². The average molecular weight is 479 g/mol. The molecule has 0 radical (unpaired) electrons. The lowest BCUT2D eigenvalue weighted by atomic mass is 10.0. The maximum Gasteiger partial charge on any atom is 0.416 e. The molecular weight excluding hydrogens is 449 g/mol. The van der Waals surface area contributed by atoms with E-state index < -0.39 is 24.3 Å². The summed E-state index contributed by atoms with van der Waals surface area (Å²) in [5.41, 5.74) is 1.74. The molecule has 2 aromatic carbocycles. The van der Waals surface area contributed by atoms with E-state index in [1.807, 2.05) is 39.0 Å². The van der Waals surface area contributed by atoms with Gasteiger partial charge in [-0.1, -0.05) is 32.0 Å². The number of ether oxygens (including phenoxy) is 2. The van der Waals surface area contributed by atoms with Crippen LogP contribution >= 0.6 is 0 Å². The van der Waals surface area contributed by atoms with Gasteiger partial charge in [-0.2, -0.15) is 13.2 Å². The number of nitrogens with zero attached hydrogens (tertiary/aromatic N) is 2. The maximum atomic E-state index is 13.0. The van der Waals surface area contributed by atoms with E-state index in [-0.39, 0.29) is 18.4 Å². The van der Waals surface area contributed by atoms with Gasteiger partial charge in [0, 0.05) is 31.9 Å². The molecule has 0 saturated carbocycles. The number of amides is 1. The van der Waals surface area contributed by atoms with Crippen LogP contribution in [0.1, 0.15) is 36.5 Å². The summed E-state index contributed by atoms with van der Waals surface area (Å²) in [4.78, 5) is 27.9. The van der Waals surface area contributed by atoms with E-state index in [2.05, 4.69) is 0 Å². The number of carbonyl (C=O) groups excluding carboxylic acids is 2. The molecule has 0 atom stereocenters. The monoisotopic (exact) mass is 478 g/mol. The van der Waals surface area contributed by atoms with Gasteiger partial charge in [-0.25, -0.2) is 4.79 Å². The Morgan fingerprint density at radius 2 is 1.71 bits per heavy atom. The number of benzene rings is 2. The highest BCUT2D eigenvalue weighted by Gasteiger charge is 2.31. The SMILES string of the molecule is Cc1ccc(C(C)C)c(OCC(=O)OCC(=O)N2CCN(c3cccc(C(F)(F)F)c3)CC2)c1. The third kappa shape index (κ3) is 6.65. The van der Waals surface area contributed by atoms with E-state index in [0.29, 0.717) is 37.6 Å². The number of piperazine rings is 1. The van der Waals surface area contributed by atoms with Gasteiger partial charge in [0.2, 0.25) is 0 Å². The Bertz CT molecular complexity index is 1020. The molecule has 1 aliphatic rings. The summed E-state index contributed by atoms with van der Waals surface area (Å²) < 4.78 is 49.6. The lowest BCUT2D eigenvalue weighted by molar-refractivity contribution is -0.153. The van der Waals surface area contributed by atoms with E-state index in [9.17, 15) is 22.8 Å². The van der Waals surface area contributed by atoms with Crippen LogP contribution in [0.2, 0.25) is 0 Å². The molecule has 1 saturated heterocycles. The Kier molecular flexibility index (Phi) is 8.06. The molecule has 34 heavy (non-hydrogen) atoms. The van der Waals surface area contributed by atoms with Crippen molar-refractivity contribution in [1.82, 2.24) is 4.90 Å². The normalized spacial score (nSPS) is 14.3. The van der Waals surface area contributed by atoms with Gasteiger partial charge < -0.3 is 19.3 Å². The second-order valence-electron chi connectivity index (χ2n) is 8.56. The quantitative estimate of drug-likeness (QED) is 0.552. The third-order valence-corrected chi connectivity index (χ3v) is 5.66. The van der Waals surface area contributed by atoms with Gasteiger partial charge >= 0.3 is 12.1 Å². The van der Waals surface area contributed by atoms with E-state index >= 15 is 0 Å². The van der Waals surface area contributed by atoms with Crippen molar-refractivity contribution in [2.24, 2.45) is 0 Å². The molecule has 3 rings (SSSR count). The highest BCUT2D eigenvalue weighted by Crippen LogP contribution is 2.32. The molecule has 0 N–H and O–H groups in total. The number of rotatable bonds is 7. The number of hydrogen-bond donors (Lipinski definition) is 0. The van der Waals surface area contributed by atoms with Crippen LogP contribution in [0.15, 0.2) is 42.5 Å². The molecule has 1 amide bonds. The van der Waals surface area contributed by atoms with Gasteiger partial charge in [0.05, 0.1) is 5.56 Å². The minimum atomic E-state index is -4.41. The molecule has 184 valence electrons. The second-order valence-corrected chi connectivity index (χ2v) is 8.56. The highest BCUT2D eigenvalue weighted by molar-refractivity contribution is 5.81. The number of halogens is 3. The molecule has 0 aliphatic carbocycles. The first-order chi connectivity index (χ1) is 16.0. The largest absolute Gasteiger partial charge is 0.482 e. The van der Waals surface area contributed by atoms with Gasteiger partial charge in [0.15, 0.2) is 13.2 Å². The molecule has 0 bridgehead atoms. The van der Waals surface area contributed by atoms with E-state index in [0.717, 1.165) is 23.3 Å². The zero-order valence-electron chi connectivity index (χ0n) is 19.5. The van der Waals surface area contributed by atoms with Crippen molar-refractivity contribution in [1.29, 1.82) is 0 Å².